The number of hydrogen-bond donors (Lipinski definition) is 1. The van der Waals surface area contributed by atoms with Crippen molar-refractivity contribution in [3.05, 3.63) is 5.89 Å². The fourth-order valence-corrected chi connectivity index (χ4v) is 0.706. The fourth-order valence-electron chi connectivity index (χ4n) is 0.618. The SMILES string of the molecule is CCNc1nnc(C(C)Cl)o1. The Labute approximate surface area is 69.9 Å². The quantitative estimate of drug-likeness (QED) is 0.712. The van der Waals surface area contributed by atoms with E-state index in [2.05, 4.69) is 15.5 Å². The third-order valence-electron chi connectivity index (χ3n) is 1.11. The Kier molecular flexibility index (Phi) is 2.70. The highest BCUT2D eigenvalue weighted by Gasteiger charge is 2.09. The van der Waals surface area contributed by atoms with Gasteiger partial charge in [0, 0.05) is 6.54 Å². The highest BCUT2D eigenvalue weighted by molar-refractivity contribution is 6.20. The van der Waals surface area contributed by atoms with E-state index in [9.17, 15) is 0 Å². The zero-order valence-electron chi connectivity index (χ0n) is 6.47. The van der Waals surface area contributed by atoms with Crippen LogP contribution in [0.1, 0.15) is 25.1 Å². The molecule has 0 aliphatic heterocycles. The van der Waals surface area contributed by atoms with Crippen LogP contribution in [0.25, 0.3) is 0 Å². The van der Waals surface area contributed by atoms with Gasteiger partial charge in [-0.15, -0.1) is 16.7 Å². The number of nitrogens with one attached hydrogen (secondary N) is 1. The van der Waals surface area contributed by atoms with Crippen molar-refractivity contribution >= 4 is 17.6 Å². The van der Waals surface area contributed by atoms with Gasteiger partial charge in [-0.3, -0.25) is 0 Å². The number of rotatable bonds is 3. The van der Waals surface area contributed by atoms with E-state index in [1.54, 1.807) is 6.92 Å². The Morgan fingerprint density at radius 3 is 2.82 bits per heavy atom. The molecule has 0 aliphatic carbocycles. The average molecular weight is 176 g/mol. The Morgan fingerprint density at radius 2 is 2.36 bits per heavy atom. The molecule has 1 N–H and O–H groups in total. The summed E-state index contributed by atoms with van der Waals surface area (Å²) in [5, 5.41) is 10.1. The Balaban J connectivity index is 2.66. The van der Waals surface area contributed by atoms with E-state index < -0.39 is 0 Å². The van der Waals surface area contributed by atoms with Crippen molar-refractivity contribution < 1.29 is 4.42 Å². The van der Waals surface area contributed by atoms with Crippen LogP contribution >= 0.6 is 11.6 Å². The Morgan fingerprint density at radius 1 is 1.64 bits per heavy atom. The molecular formula is C6H10ClN3O. The predicted octanol–water partition coefficient (Wildman–Crippen LogP) is 1.80. The van der Waals surface area contributed by atoms with Crippen LogP contribution < -0.4 is 5.32 Å². The monoisotopic (exact) mass is 175 g/mol. The molecule has 0 saturated carbocycles. The van der Waals surface area contributed by atoms with E-state index in [-0.39, 0.29) is 5.38 Å². The molecule has 0 fully saturated rings. The van der Waals surface area contributed by atoms with Crippen molar-refractivity contribution in [2.24, 2.45) is 0 Å². The second-order valence-electron chi connectivity index (χ2n) is 2.09. The van der Waals surface area contributed by atoms with Crippen LogP contribution in [0.4, 0.5) is 6.01 Å². The maximum atomic E-state index is 5.69. The third kappa shape index (κ3) is 2.08. The third-order valence-corrected chi connectivity index (χ3v) is 1.30. The topological polar surface area (TPSA) is 51.0 Å². The van der Waals surface area contributed by atoms with Crippen molar-refractivity contribution in [2.45, 2.75) is 19.2 Å². The molecule has 0 bridgehead atoms. The van der Waals surface area contributed by atoms with Crippen LogP contribution in [-0.4, -0.2) is 16.7 Å². The first kappa shape index (κ1) is 8.33. The van der Waals surface area contributed by atoms with Gasteiger partial charge >= 0.3 is 6.01 Å². The molecule has 0 aromatic carbocycles. The molecule has 0 amide bonds. The standard InChI is InChI=1S/C6H10ClN3O/c1-3-8-6-10-9-5(11-6)4(2)7/h4H,3H2,1-2H3,(H,8,10). The van der Waals surface area contributed by atoms with Crippen molar-refractivity contribution in [3.63, 3.8) is 0 Å². The van der Waals surface area contributed by atoms with E-state index in [1.807, 2.05) is 6.92 Å². The highest BCUT2D eigenvalue weighted by Crippen LogP contribution is 2.18. The molecule has 1 aromatic rings. The van der Waals surface area contributed by atoms with E-state index in [0.29, 0.717) is 11.9 Å². The Bertz CT molecular complexity index is 223. The van der Waals surface area contributed by atoms with E-state index in [1.165, 1.54) is 0 Å². The van der Waals surface area contributed by atoms with Crippen LogP contribution in [0.5, 0.6) is 0 Å². The molecule has 1 aromatic heterocycles. The summed E-state index contributed by atoms with van der Waals surface area (Å²) in [6, 6.07) is 0.426. The van der Waals surface area contributed by atoms with Gasteiger partial charge in [0.25, 0.3) is 0 Å². The highest BCUT2D eigenvalue weighted by atomic mass is 35.5. The molecule has 1 unspecified atom stereocenters. The van der Waals surface area contributed by atoms with Gasteiger partial charge in [0.15, 0.2) is 0 Å². The second kappa shape index (κ2) is 3.57. The lowest BCUT2D eigenvalue weighted by molar-refractivity contribution is 0.506. The maximum absolute atomic E-state index is 5.69. The van der Waals surface area contributed by atoms with Gasteiger partial charge in [-0.25, -0.2) is 0 Å². The van der Waals surface area contributed by atoms with Gasteiger partial charge in [0.2, 0.25) is 5.89 Å². The maximum Gasteiger partial charge on any atom is 0.315 e. The minimum atomic E-state index is -0.227. The number of halogens is 1. The summed E-state index contributed by atoms with van der Waals surface area (Å²) >= 11 is 5.69. The van der Waals surface area contributed by atoms with E-state index in [4.69, 9.17) is 16.0 Å². The normalized spacial score (nSPS) is 13.0. The minimum absolute atomic E-state index is 0.227. The number of anilines is 1. The van der Waals surface area contributed by atoms with Crippen LogP contribution in [-0.2, 0) is 0 Å². The van der Waals surface area contributed by atoms with E-state index in [0.717, 1.165) is 6.54 Å². The summed E-state index contributed by atoms with van der Waals surface area (Å²) in [7, 11) is 0. The van der Waals surface area contributed by atoms with Gasteiger partial charge in [0.1, 0.15) is 5.38 Å². The lowest BCUT2D eigenvalue weighted by Crippen LogP contribution is -1.95. The molecule has 11 heavy (non-hydrogen) atoms. The molecule has 5 heteroatoms. The lowest BCUT2D eigenvalue weighted by Gasteiger charge is -1.93. The van der Waals surface area contributed by atoms with Gasteiger partial charge in [-0.2, -0.15) is 0 Å². The molecule has 0 spiro atoms. The van der Waals surface area contributed by atoms with Crippen molar-refractivity contribution in [3.8, 4) is 0 Å². The molecule has 1 rings (SSSR count). The Hall–Kier alpha value is -0.770. The van der Waals surface area contributed by atoms with Gasteiger partial charge < -0.3 is 9.73 Å². The van der Waals surface area contributed by atoms with Crippen LogP contribution in [0, 0.1) is 0 Å². The molecule has 0 saturated heterocycles. The van der Waals surface area contributed by atoms with Crippen LogP contribution in [0.15, 0.2) is 4.42 Å². The number of nitrogens with zero attached hydrogens (tertiary/aromatic N) is 2. The minimum Gasteiger partial charge on any atom is -0.407 e. The molecule has 4 nitrogen and oxygen atoms in total. The zero-order chi connectivity index (χ0) is 8.27. The molecule has 1 atom stereocenters. The molecular weight excluding hydrogens is 166 g/mol. The first-order valence-electron chi connectivity index (χ1n) is 3.45. The zero-order valence-corrected chi connectivity index (χ0v) is 7.22. The largest absolute Gasteiger partial charge is 0.407 e. The lowest BCUT2D eigenvalue weighted by atomic mass is 10.5. The molecule has 0 radical (unpaired) electrons. The van der Waals surface area contributed by atoms with Crippen molar-refractivity contribution in [1.82, 2.24) is 10.2 Å². The first-order valence-corrected chi connectivity index (χ1v) is 3.89. The summed E-state index contributed by atoms with van der Waals surface area (Å²) in [6.07, 6.45) is 0. The number of alkyl halides is 1. The van der Waals surface area contributed by atoms with Gasteiger partial charge in [-0.1, -0.05) is 5.10 Å². The van der Waals surface area contributed by atoms with Gasteiger partial charge in [0.05, 0.1) is 0 Å². The summed E-state index contributed by atoms with van der Waals surface area (Å²) < 4.78 is 5.12. The predicted molar refractivity (Wildman–Crippen MR) is 42.7 cm³/mol. The summed E-state index contributed by atoms with van der Waals surface area (Å²) in [5.74, 6) is 0.447. The summed E-state index contributed by atoms with van der Waals surface area (Å²) in [6.45, 7) is 4.50. The van der Waals surface area contributed by atoms with Crippen molar-refractivity contribution in [1.29, 1.82) is 0 Å². The molecule has 1 heterocycles. The number of hydrogen-bond acceptors (Lipinski definition) is 4. The van der Waals surface area contributed by atoms with Crippen LogP contribution in [0.3, 0.4) is 0 Å². The second-order valence-corrected chi connectivity index (χ2v) is 2.75. The molecule has 0 aliphatic rings. The van der Waals surface area contributed by atoms with Crippen molar-refractivity contribution in [2.75, 3.05) is 11.9 Å². The smallest absolute Gasteiger partial charge is 0.315 e. The summed E-state index contributed by atoms with van der Waals surface area (Å²) in [4.78, 5) is 0. The van der Waals surface area contributed by atoms with E-state index >= 15 is 0 Å². The molecule has 62 valence electrons. The van der Waals surface area contributed by atoms with Crippen LogP contribution in [0.2, 0.25) is 0 Å². The summed E-state index contributed by atoms with van der Waals surface area (Å²) in [5.41, 5.74) is 0. The number of aromatic nitrogens is 2. The fraction of sp³-hybridized carbons (Fsp3) is 0.667. The first-order chi connectivity index (χ1) is 5.24. The van der Waals surface area contributed by atoms with Gasteiger partial charge in [-0.05, 0) is 13.8 Å². The average Bonchev–Trinajstić information content (AvgIpc) is 2.37.